The van der Waals surface area contributed by atoms with E-state index in [9.17, 15) is 4.79 Å². The van der Waals surface area contributed by atoms with E-state index in [1.165, 1.54) is 24.8 Å². The second-order valence-corrected chi connectivity index (χ2v) is 8.34. The maximum atomic E-state index is 11.6. The van der Waals surface area contributed by atoms with Crippen molar-refractivity contribution in [2.45, 2.75) is 77.4 Å². The molecule has 0 spiro atoms. The molecule has 1 fully saturated rings. The second kappa shape index (κ2) is 13.0. The van der Waals surface area contributed by atoms with Crippen LogP contribution in [0.4, 0.5) is 0 Å². The zero-order valence-electron chi connectivity index (χ0n) is 18.4. The molecule has 1 saturated heterocycles. The Hall–Kier alpha value is -1.43. The monoisotopic (exact) mass is 406 g/mol. The van der Waals surface area contributed by atoms with Crippen LogP contribution in [0.25, 0.3) is 0 Å². The Balaban J connectivity index is 1.71. The first kappa shape index (κ1) is 23.8. The summed E-state index contributed by atoms with van der Waals surface area (Å²) in [4.78, 5) is 11.6. The van der Waals surface area contributed by atoms with E-state index in [2.05, 4.69) is 26.8 Å². The molecule has 164 valence electrons. The van der Waals surface area contributed by atoms with Gasteiger partial charge >= 0.3 is 0 Å². The lowest BCUT2D eigenvalue weighted by molar-refractivity contribution is -0.169. The summed E-state index contributed by atoms with van der Waals surface area (Å²) in [6.45, 7) is 9.36. The van der Waals surface area contributed by atoms with Crippen molar-refractivity contribution in [3.8, 4) is 5.75 Å². The van der Waals surface area contributed by atoms with Crippen molar-refractivity contribution >= 4 is 6.29 Å². The molecule has 1 aromatic carbocycles. The summed E-state index contributed by atoms with van der Waals surface area (Å²) in [5, 5.41) is 0. The molecule has 5 heteroatoms. The molecule has 1 heterocycles. The van der Waals surface area contributed by atoms with Crippen LogP contribution in [0, 0.1) is 0 Å². The van der Waals surface area contributed by atoms with Crippen LogP contribution in [-0.2, 0) is 19.6 Å². The van der Waals surface area contributed by atoms with Crippen LogP contribution < -0.4 is 4.74 Å². The lowest BCUT2D eigenvalue weighted by Crippen LogP contribution is -2.24. The van der Waals surface area contributed by atoms with Crippen LogP contribution in [0.2, 0.25) is 0 Å². The zero-order valence-corrected chi connectivity index (χ0v) is 18.4. The van der Waals surface area contributed by atoms with Crippen molar-refractivity contribution < 1.29 is 23.7 Å². The Morgan fingerprint density at radius 1 is 1.14 bits per heavy atom. The minimum absolute atomic E-state index is 0.0522. The summed E-state index contributed by atoms with van der Waals surface area (Å²) in [6.07, 6.45) is 8.80. The summed E-state index contributed by atoms with van der Waals surface area (Å²) in [6, 6.07) is 5.95. The van der Waals surface area contributed by atoms with Gasteiger partial charge in [-0.3, -0.25) is 4.79 Å². The molecular weight excluding hydrogens is 368 g/mol. The maximum absolute atomic E-state index is 11.6. The molecule has 0 radical (unpaired) electrons. The first-order chi connectivity index (χ1) is 14.1. The number of unbranched alkanes of at least 4 members (excludes halogenated alkanes) is 2. The van der Waals surface area contributed by atoms with Gasteiger partial charge in [-0.2, -0.15) is 0 Å². The molecule has 1 aliphatic heterocycles. The summed E-state index contributed by atoms with van der Waals surface area (Å²) in [7, 11) is 0. The number of rotatable bonds is 14. The lowest BCUT2D eigenvalue weighted by Gasteiger charge is -2.26. The molecule has 5 nitrogen and oxygen atoms in total. The summed E-state index contributed by atoms with van der Waals surface area (Å²) >= 11 is 0. The highest BCUT2D eigenvalue weighted by Crippen LogP contribution is 2.32. The number of aldehydes is 1. The van der Waals surface area contributed by atoms with Crippen LogP contribution in [0.5, 0.6) is 5.75 Å². The van der Waals surface area contributed by atoms with E-state index in [0.29, 0.717) is 37.7 Å². The maximum Gasteiger partial charge on any atom is 0.157 e. The molecule has 0 aliphatic carbocycles. The lowest BCUT2D eigenvalue weighted by atomic mass is 9.79. The van der Waals surface area contributed by atoms with Crippen molar-refractivity contribution in [1.82, 2.24) is 0 Å². The van der Waals surface area contributed by atoms with Crippen molar-refractivity contribution in [3.63, 3.8) is 0 Å². The normalized spacial score (nSPS) is 17.3. The molecule has 2 rings (SSSR count). The van der Waals surface area contributed by atoms with Crippen LogP contribution >= 0.6 is 0 Å². The zero-order chi connectivity index (χ0) is 21.0. The van der Waals surface area contributed by atoms with Gasteiger partial charge in [-0.1, -0.05) is 46.1 Å². The van der Waals surface area contributed by atoms with Crippen LogP contribution in [-0.4, -0.2) is 45.6 Å². The highest BCUT2D eigenvalue weighted by molar-refractivity contribution is 5.79. The van der Waals surface area contributed by atoms with Crippen LogP contribution in [0.15, 0.2) is 18.2 Å². The van der Waals surface area contributed by atoms with Crippen LogP contribution in [0.3, 0.4) is 0 Å². The topological polar surface area (TPSA) is 54.0 Å². The summed E-state index contributed by atoms with van der Waals surface area (Å²) in [5.41, 5.74) is 1.83. The van der Waals surface area contributed by atoms with Gasteiger partial charge in [-0.05, 0) is 48.8 Å². The fourth-order valence-electron chi connectivity index (χ4n) is 3.55. The quantitative estimate of drug-likeness (QED) is 0.310. The third kappa shape index (κ3) is 8.45. The van der Waals surface area contributed by atoms with E-state index in [1.807, 2.05) is 12.1 Å². The Bertz CT molecular complexity index is 593. The SMILES string of the molecule is CCCCCC(C)(C)c1ccc(OCCOCCOC2CCCCO2)c(C=O)c1. The molecule has 1 aromatic rings. The number of benzene rings is 1. The molecule has 1 aliphatic rings. The molecular formula is C24H38O5. The van der Waals surface area contributed by atoms with E-state index in [4.69, 9.17) is 18.9 Å². The van der Waals surface area contributed by atoms with Crippen molar-refractivity contribution in [2.75, 3.05) is 33.0 Å². The number of carbonyl (C=O) groups is 1. The van der Waals surface area contributed by atoms with Gasteiger partial charge in [0.2, 0.25) is 0 Å². The number of carbonyl (C=O) groups excluding carboxylic acids is 1. The highest BCUT2D eigenvalue weighted by Gasteiger charge is 2.21. The van der Waals surface area contributed by atoms with E-state index in [-0.39, 0.29) is 11.7 Å². The second-order valence-electron chi connectivity index (χ2n) is 8.34. The largest absolute Gasteiger partial charge is 0.490 e. The predicted octanol–water partition coefficient (Wildman–Crippen LogP) is 5.30. The van der Waals surface area contributed by atoms with Gasteiger partial charge in [0.1, 0.15) is 12.4 Å². The first-order valence-electron chi connectivity index (χ1n) is 11.1. The average Bonchev–Trinajstić information content (AvgIpc) is 2.74. The Labute approximate surface area is 176 Å². The fraction of sp³-hybridized carbons (Fsp3) is 0.708. The molecule has 0 aromatic heterocycles. The summed E-state index contributed by atoms with van der Waals surface area (Å²) < 4.78 is 22.5. The molecule has 0 amide bonds. The van der Waals surface area contributed by atoms with E-state index in [1.54, 1.807) is 0 Å². The van der Waals surface area contributed by atoms with Crippen molar-refractivity contribution in [2.24, 2.45) is 0 Å². The van der Waals surface area contributed by atoms with Gasteiger partial charge in [-0.25, -0.2) is 0 Å². The third-order valence-corrected chi connectivity index (χ3v) is 5.48. The minimum Gasteiger partial charge on any atom is -0.490 e. The molecule has 1 unspecified atom stereocenters. The molecule has 0 N–H and O–H groups in total. The number of hydrogen-bond donors (Lipinski definition) is 0. The Morgan fingerprint density at radius 2 is 1.97 bits per heavy atom. The first-order valence-corrected chi connectivity index (χ1v) is 11.1. The van der Waals surface area contributed by atoms with Crippen molar-refractivity contribution in [1.29, 1.82) is 0 Å². The standard InChI is InChI=1S/C24H38O5/c1-4-5-7-12-24(2,3)21-10-11-22(20(18-21)19-25)27-16-14-26-15-17-29-23-9-6-8-13-28-23/h10-11,18-19,23H,4-9,12-17H2,1-3H3. The van der Waals surface area contributed by atoms with E-state index < -0.39 is 0 Å². The smallest absolute Gasteiger partial charge is 0.157 e. The third-order valence-electron chi connectivity index (χ3n) is 5.48. The molecule has 0 saturated carbocycles. The van der Waals surface area contributed by atoms with Gasteiger partial charge in [0.15, 0.2) is 12.6 Å². The van der Waals surface area contributed by atoms with Gasteiger partial charge in [0, 0.05) is 6.61 Å². The van der Waals surface area contributed by atoms with Crippen LogP contribution in [0.1, 0.15) is 81.6 Å². The van der Waals surface area contributed by atoms with E-state index in [0.717, 1.165) is 38.6 Å². The number of hydrogen-bond acceptors (Lipinski definition) is 5. The summed E-state index contributed by atoms with van der Waals surface area (Å²) in [5.74, 6) is 0.614. The number of ether oxygens (including phenoxy) is 4. The van der Waals surface area contributed by atoms with Gasteiger partial charge in [0.05, 0.1) is 25.4 Å². The van der Waals surface area contributed by atoms with Gasteiger partial charge in [-0.15, -0.1) is 0 Å². The minimum atomic E-state index is -0.0801. The Morgan fingerprint density at radius 3 is 2.69 bits per heavy atom. The van der Waals surface area contributed by atoms with Gasteiger partial charge in [0.25, 0.3) is 0 Å². The molecule has 0 bridgehead atoms. The predicted molar refractivity (Wildman–Crippen MR) is 115 cm³/mol. The highest BCUT2D eigenvalue weighted by atomic mass is 16.7. The average molecular weight is 407 g/mol. The van der Waals surface area contributed by atoms with Gasteiger partial charge < -0.3 is 18.9 Å². The molecule has 29 heavy (non-hydrogen) atoms. The fourth-order valence-corrected chi connectivity index (χ4v) is 3.55. The Kier molecular flexibility index (Phi) is 10.7. The molecule has 1 atom stereocenters. The van der Waals surface area contributed by atoms with E-state index >= 15 is 0 Å². The van der Waals surface area contributed by atoms with Crippen molar-refractivity contribution in [3.05, 3.63) is 29.3 Å².